The molecule has 86 valence electrons. The van der Waals surface area contributed by atoms with Gasteiger partial charge in [0.15, 0.2) is 0 Å². The number of nitrogens with two attached hydrogens (primary N) is 1. The van der Waals surface area contributed by atoms with Crippen LogP contribution < -0.4 is 5.73 Å². The second kappa shape index (κ2) is 4.65. The van der Waals surface area contributed by atoms with E-state index in [0.717, 1.165) is 11.1 Å². The van der Waals surface area contributed by atoms with Gasteiger partial charge in [-0.2, -0.15) is 0 Å². The minimum Gasteiger partial charge on any atom is -0.465 e. The van der Waals surface area contributed by atoms with Crippen LogP contribution in [0.15, 0.2) is 42.6 Å². The molecule has 2 aromatic rings. The van der Waals surface area contributed by atoms with Crippen molar-refractivity contribution in [3.63, 3.8) is 0 Å². The standard InChI is InChI=1S/C13H12N2O2/c1-17-13(16)10-4-2-3-9(7-10)11-5-6-12(14)15-8-11/h2-8H,1H3,(H2,14,15). The smallest absolute Gasteiger partial charge is 0.337 e. The Bertz CT molecular complexity index is 535. The molecule has 0 saturated carbocycles. The van der Waals surface area contributed by atoms with Gasteiger partial charge in [0.1, 0.15) is 5.82 Å². The molecule has 0 amide bonds. The zero-order valence-corrected chi connectivity index (χ0v) is 9.38. The van der Waals surface area contributed by atoms with E-state index < -0.39 is 0 Å². The zero-order valence-electron chi connectivity index (χ0n) is 9.38. The minimum absolute atomic E-state index is 0.352. The molecule has 0 radical (unpaired) electrons. The Labute approximate surface area is 99.1 Å². The maximum Gasteiger partial charge on any atom is 0.337 e. The van der Waals surface area contributed by atoms with Gasteiger partial charge in [-0.1, -0.05) is 12.1 Å². The summed E-state index contributed by atoms with van der Waals surface area (Å²) in [5.41, 5.74) is 7.85. The summed E-state index contributed by atoms with van der Waals surface area (Å²) in [5.74, 6) is 0.119. The predicted octanol–water partition coefficient (Wildman–Crippen LogP) is 2.12. The van der Waals surface area contributed by atoms with Crippen LogP contribution in [0.3, 0.4) is 0 Å². The SMILES string of the molecule is COC(=O)c1cccc(-c2ccc(N)nc2)c1. The van der Waals surface area contributed by atoms with Gasteiger partial charge in [-0.05, 0) is 29.8 Å². The predicted molar refractivity (Wildman–Crippen MR) is 65.4 cm³/mol. The second-order valence-corrected chi connectivity index (χ2v) is 3.54. The molecule has 0 aliphatic heterocycles. The summed E-state index contributed by atoms with van der Waals surface area (Å²) in [7, 11) is 1.36. The van der Waals surface area contributed by atoms with E-state index >= 15 is 0 Å². The lowest BCUT2D eigenvalue weighted by molar-refractivity contribution is 0.0601. The van der Waals surface area contributed by atoms with Gasteiger partial charge in [-0.15, -0.1) is 0 Å². The van der Waals surface area contributed by atoms with Crippen molar-refractivity contribution in [1.82, 2.24) is 4.98 Å². The normalized spacial score (nSPS) is 9.94. The van der Waals surface area contributed by atoms with Crippen LogP contribution in [0.4, 0.5) is 5.82 Å². The molecular weight excluding hydrogens is 216 g/mol. The summed E-state index contributed by atoms with van der Waals surface area (Å²) < 4.78 is 4.67. The van der Waals surface area contributed by atoms with Crippen LogP contribution in [0.1, 0.15) is 10.4 Å². The van der Waals surface area contributed by atoms with E-state index in [1.165, 1.54) is 7.11 Å². The summed E-state index contributed by atoms with van der Waals surface area (Å²) in [4.78, 5) is 15.4. The largest absolute Gasteiger partial charge is 0.465 e. The Morgan fingerprint density at radius 2 is 2.06 bits per heavy atom. The second-order valence-electron chi connectivity index (χ2n) is 3.54. The Kier molecular flexibility index (Phi) is 3.05. The lowest BCUT2D eigenvalue weighted by Gasteiger charge is -2.04. The highest BCUT2D eigenvalue weighted by Gasteiger charge is 2.06. The zero-order chi connectivity index (χ0) is 12.3. The highest BCUT2D eigenvalue weighted by atomic mass is 16.5. The monoisotopic (exact) mass is 228 g/mol. The minimum atomic E-state index is -0.352. The Hall–Kier alpha value is -2.36. The number of aromatic nitrogens is 1. The van der Waals surface area contributed by atoms with Crippen molar-refractivity contribution in [3.8, 4) is 11.1 Å². The molecule has 1 heterocycles. The van der Waals surface area contributed by atoms with Gasteiger partial charge in [0.25, 0.3) is 0 Å². The van der Waals surface area contributed by atoms with Crippen LogP contribution in [-0.4, -0.2) is 18.1 Å². The van der Waals surface area contributed by atoms with Gasteiger partial charge in [-0.3, -0.25) is 0 Å². The first-order valence-electron chi connectivity index (χ1n) is 5.11. The summed E-state index contributed by atoms with van der Waals surface area (Å²) in [5, 5.41) is 0. The number of benzene rings is 1. The van der Waals surface area contributed by atoms with Gasteiger partial charge in [0, 0.05) is 11.8 Å². The van der Waals surface area contributed by atoms with Gasteiger partial charge in [0.2, 0.25) is 0 Å². The van der Waals surface area contributed by atoms with Crippen molar-refractivity contribution in [2.24, 2.45) is 0 Å². The molecule has 1 aromatic carbocycles. The van der Waals surface area contributed by atoms with Gasteiger partial charge >= 0.3 is 5.97 Å². The molecule has 2 rings (SSSR count). The van der Waals surface area contributed by atoms with E-state index in [9.17, 15) is 4.79 Å². The van der Waals surface area contributed by atoms with Crippen LogP contribution in [0.5, 0.6) is 0 Å². The number of nitrogens with zero attached hydrogens (tertiary/aromatic N) is 1. The number of anilines is 1. The van der Waals surface area contributed by atoms with Crippen LogP contribution in [0.2, 0.25) is 0 Å². The number of carbonyl (C=O) groups excluding carboxylic acids is 1. The maximum absolute atomic E-state index is 11.4. The van der Waals surface area contributed by atoms with Crippen molar-refractivity contribution in [1.29, 1.82) is 0 Å². The molecule has 0 unspecified atom stereocenters. The molecule has 17 heavy (non-hydrogen) atoms. The molecule has 0 spiro atoms. The first kappa shape index (κ1) is 11.1. The van der Waals surface area contributed by atoms with Crippen molar-refractivity contribution in [2.75, 3.05) is 12.8 Å². The molecule has 0 saturated heterocycles. The number of carbonyl (C=O) groups is 1. The van der Waals surface area contributed by atoms with Crippen LogP contribution >= 0.6 is 0 Å². The third-order valence-corrected chi connectivity index (χ3v) is 2.40. The van der Waals surface area contributed by atoms with Crippen molar-refractivity contribution in [2.45, 2.75) is 0 Å². The lowest BCUT2D eigenvalue weighted by atomic mass is 10.0. The van der Waals surface area contributed by atoms with E-state index in [1.807, 2.05) is 12.1 Å². The number of hydrogen-bond donors (Lipinski definition) is 1. The number of methoxy groups -OCH3 is 1. The van der Waals surface area contributed by atoms with Crippen LogP contribution in [0, 0.1) is 0 Å². The Morgan fingerprint density at radius 3 is 2.71 bits per heavy atom. The molecule has 2 N–H and O–H groups in total. The fourth-order valence-electron chi connectivity index (χ4n) is 1.52. The molecule has 4 nitrogen and oxygen atoms in total. The average Bonchev–Trinajstić information content (AvgIpc) is 2.39. The Morgan fingerprint density at radius 1 is 1.24 bits per heavy atom. The number of hydrogen-bond acceptors (Lipinski definition) is 4. The van der Waals surface area contributed by atoms with Crippen molar-refractivity contribution in [3.05, 3.63) is 48.2 Å². The molecule has 4 heteroatoms. The molecule has 0 aliphatic carbocycles. The lowest BCUT2D eigenvalue weighted by Crippen LogP contribution is -2.00. The fraction of sp³-hybridized carbons (Fsp3) is 0.0769. The van der Waals surface area contributed by atoms with E-state index in [2.05, 4.69) is 9.72 Å². The summed E-state index contributed by atoms with van der Waals surface area (Å²) in [6.45, 7) is 0. The van der Waals surface area contributed by atoms with Gasteiger partial charge in [0.05, 0.1) is 12.7 Å². The number of nitrogen functional groups attached to an aromatic ring is 1. The summed E-state index contributed by atoms with van der Waals surface area (Å²) in [6, 6.07) is 10.8. The number of rotatable bonds is 2. The maximum atomic E-state index is 11.4. The molecular formula is C13H12N2O2. The first-order valence-corrected chi connectivity index (χ1v) is 5.11. The van der Waals surface area contributed by atoms with Gasteiger partial charge in [-0.25, -0.2) is 9.78 Å². The highest BCUT2D eigenvalue weighted by molar-refractivity contribution is 5.90. The number of ether oxygens (including phenoxy) is 1. The molecule has 0 bridgehead atoms. The highest BCUT2D eigenvalue weighted by Crippen LogP contribution is 2.20. The van der Waals surface area contributed by atoms with E-state index in [0.29, 0.717) is 11.4 Å². The van der Waals surface area contributed by atoms with E-state index in [4.69, 9.17) is 5.73 Å². The summed E-state index contributed by atoms with van der Waals surface area (Å²) in [6.07, 6.45) is 1.67. The summed E-state index contributed by atoms with van der Waals surface area (Å²) >= 11 is 0. The van der Waals surface area contributed by atoms with Crippen LogP contribution in [0.25, 0.3) is 11.1 Å². The van der Waals surface area contributed by atoms with E-state index in [1.54, 1.807) is 30.5 Å². The molecule has 0 fully saturated rings. The average molecular weight is 228 g/mol. The number of pyridine rings is 1. The Balaban J connectivity index is 2.39. The first-order chi connectivity index (χ1) is 8.20. The molecule has 0 aliphatic rings. The van der Waals surface area contributed by atoms with Gasteiger partial charge < -0.3 is 10.5 Å². The van der Waals surface area contributed by atoms with Crippen LogP contribution in [-0.2, 0) is 4.74 Å². The third-order valence-electron chi connectivity index (χ3n) is 2.40. The van der Waals surface area contributed by atoms with Crippen molar-refractivity contribution >= 4 is 11.8 Å². The number of esters is 1. The van der Waals surface area contributed by atoms with Crippen molar-refractivity contribution < 1.29 is 9.53 Å². The molecule has 0 atom stereocenters. The van der Waals surface area contributed by atoms with E-state index in [-0.39, 0.29) is 5.97 Å². The topological polar surface area (TPSA) is 65.2 Å². The fourth-order valence-corrected chi connectivity index (χ4v) is 1.52. The quantitative estimate of drug-likeness (QED) is 0.799. The molecule has 1 aromatic heterocycles. The third kappa shape index (κ3) is 2.42.